The minimum Gasteiger partial charge on any atom is -0.264 e. The maximum atomic E-state index is 13.2. The van der Waals surface area contributed by atoms with E-state index < -0.39 is 0 Å². The van der Waals surface area contributed by atoms with Crippen LogP contribution >= 0.6 is 22.9 Å². The molecule has 2 nitrogen and oxygen atoms in total. The molecule has 0 fully saturated rings. The quantitative estimate of drug-likeness (QED) is 0.423. The second kappa shape index (κ2) is 6.75. The highest BCUT2D eigenvalue weighted by Gasteiger charge is 2.12. The molecule has 4 aromatic rings. The van der Waals surface area contributed by atoms with E-state index >= 15 is 0 Å². The van der Waals surface area contributed by atoms with Crippen molar-refractivity contribution in [1.82, 2.24) is 9.97 Å². The van der Waals surface area contributed by atoms with Crippen molar-refractivity contribution in [3.63, 3.8) is 0 Å². The van der Waals surface area contributed by atoms with Crippen LogP contribution in [0.15, 0.2) is 72.4 Å². The third-order valence-electron chi connectivity index (χ3n) is 3.85. The molecule has 0 radical (unpaired) electrons. The van der Waals surface area contributed by atoms with Gasteiger partial charge < -0.3 is 0 Å². The van der Waals surface area contributed by atoms with Gasteiger partial charge in [-0.2, -0.15) is 0 Å². The summed E-state index contributed by atoms with van der Waals surface area (Å²) in [6.45, 7) is 0. The Bertz CT molecular complexity index is 1010. The lowest BCUT2D eigenvalue weighted by molar-refractivity contribution is 0.628. The smallest absolute Gasteiger partial charge is 0.126 e. The molecule has 25 heavy (non-hydrogen) atoms. The van der Waals surface area contributed by atoms with E-state index in [0.717, 1.165) is 33.0 Å². The van der Waals surface area contributed by atoms with Gasteiger partial charge in [-0.25, -0.2) is 9.37 Å². The summed E-state index contributed by atoms with van der Waals surface area (Å²) in [5, 5.41) is 3.59. The second-order valence-electron chi connectivity index (χ2n) is 5.47. The molecule has 122 valence electrons. The Hall–Kier alpha value is -2.56. The number of nitrogens with zero attached hydrogens (tertiary/aromatic N) is 2. The summed E-state index contributed by atoms with van der Waals surface area (Å²) < 4.78 is 13.2. The number of pyridine rings is 1. The topological polar surface area (TPSA) is 25.8 Å². The number of halogens is 2. The van der Waals surface area contributed by atoms with Crippen molar-refractivity contribution in [2.75, 3.05) is 0 Å². The number of hydrogen-bond donors (Lipinski definition) is 0. The van der Waals surface area contributed by atoms with E-state index in [1.807, 2.05) is 35.7 Å². The summed E-state index contributed by atoms with van der Waals surface area (Å²) in [6.07, 6.45) is 3.53. The fourth-order valence-electron chi connectivity index (χ4n) is 2.60. The van der Waals surface area contributed by atoms with Crippen LogP contribution in [0.2, 0.25) is 5.02 Å². The highest BCUT2D eigenvalue weighted by Crippen LogP contribution is 2.35. The van der Waals surface area contributed by atoms with Crippen LogP contribution in [0.5, 0.6) is 0 Å². The minimum atomic E-state index is -0.251. The molecule has 2 aromatic carbocycles. The van der Waals surface area contributed by atoms with E-state index in [0.29, 0.717) is 5.02 Å². The Morgan fingerprint density at radius 1 is 0.840 bits per heavy atom. The van der Waals surface area contributed by atoms with Crippen LogP contribution in [-0.4, -0.2) is 9.97 Å². The molecule has 4 rings (SSSR count). The second-order valence-corrected chi connectivity index (χ2v) is 6.77. The molecule has 0 saturated heterocycles. The highest BCUT2D eigenvalue weighted by atomic mass is 35.5. The normalized spacial score (nSPS) is 10.8. The fraction of sp³-hybridized carbons (Fsp3) is 0. The van der Waals surface area contributed by atoms with E-state index in [1.165, 1.54) is 12.1 Å². The lowest BCUT2D eigenvalue weighted by atomic mass is 10.0. The van der Waals surface area contributed by atoms with Gasteiger partial charge in [-0.05, 0) is 41.5 Å². The summed E-state index contributed by atoms with van der Waals surface area (Å²) in [5.74, 6) is -0.251. The average molecular weight is 367 g/mol. The van der Waals surface area contributed by atoms with Gasteiger partial charge in [0.15, 0.2) is 0 Å². The molecule has 2 heterocycles. The Morgan fingerprint density at radius 2 is 1.56 bits per heavy atom. The number of rotatable bonds is 3. The van der Waals surface area contributed by atoms with E-state index in [-0.39, 0.29) is 5.82 Å². The fourth-order valence-corrected chi connectivity index (χ4v) is 3.58. The van der Waals surface area contributed by atoms with Crippen molar-refractivity contribution >= 4 is 22.9 Å². The molecule has 0 unspecified atom stereocenters. The first-order valence-electron chi connectivity index (χ1n) is 7.62. The first-order valence-corrected chi connectivity index (χ1v) is 8.88. The van der Waals surface area contributed by atoms with Gasteiger partial charge in [0, 0.05) is 33.9 Å². The Balaban J connectivity index is 1.76. The van der Waals surface area contributed by atoms with E-state index in [9.17, 15) is 4.39 Å². The predicted molar refractivity (Wildman–Crippen MR) is 101 cm³/mol. The van der Waals surface area contributed by atoms with Crippen LogP contribution in [0.1, 0.15) is 0 Å². The van der Waals surface area contributed by atoms with Crippen LogP contribution < -0.4 is 0 Å². The zero-order chi connectivity index (χ0) is 17.2. The molecule has 0 aliphatic rings. The van der Waals surface area contributed by atoms with Crippen LogP contribution in [0.3, 0.4) is 0 Å². The summed E-state index contributed by atoms with van der Waals surface area (Å²) in [7, 11) is 0. The van der Waals surface area contributed by atoms with Crippen LogP contribution in [0, 0.1) is 5.82 Å². The first kappa shape index (κ1) is 15.9. The van der Waals surface area contributed by atoms with Gasteiger partial charge in [0.2, 0.25) is 0 Å². The van der Waals surface area contributed by atoms with Gasteiger partial charge in [0.1, 0.15) is 10.8 Å². The van der Waals surface area contributed by atoms with Gasteiger partial charge in [0.25, 0.3) is 0 Å². The number of thiazole rings is 1. The summed E-state index contributed by atoms with van der Waals surface area (Å²) in [6, 6.07) is 16.0. The molecule has 2 aromatic heterocycles. The zero-order valence-corrected chi connectivity index (χ0v) is 14.6. The third kappa shape index (κ3) is 3.31. The van der Waals surface area contributed by atoms with Crippen LogP contribution in [0.4, 0.5) is 4.39 Å². The van der Waals surface area contributed by atoms with Gasteiger partial charge in [-0.15, -0.1) is 11.3 Å². The van der Waals surface area contributed by atoms with Gasteiger partial charge in [-0.3, -0.25) is 4.98 Å². The van der Waals surface area contributed by atoms with E-state index in [2.05, 4.69) is 4.98 Å². The molecule has 0 bridgehead atoms. The monoisotopic (exact) mass is 366 g/mol. The van der Waals surface area contributed by atoms with Crippen molar-refractivity contribution in [1.29, 1.82) is 0 Å². The molecule has 0 aliphatic heterocycles. The Labute approximate surface area is 153 Å². The van der Waals surface area contributed by atoms with Crippen LogP contribution in [0.25, 0.3) is 33.0 Å². The molecule has 0 N–H and O–H groups in total. The average Bonchev–Trinajstić information content (AvgIpc) is 3.13. The van der Waals surface area contributed by atoms with E-state index in [1.54, 1.807) is 35.9 Å². The van der Waals surface area contributed by atoms with Crippen molar-refractivity contribution < 1.29 is 4.39 Å². The molecular formula is C20H12ClFN2S. The maximum absolute atomic E-state index is 13.2. The Morgan fingerprint density at radius 3 is 2.32 bits per heavy atom. The minimum absolute atomic E-state index is 0.251. The van der Waals surface area contributed by atoms with Gasteiger partial charge in [-0.1, -0.05) is 35.9 Å². The summed E-state index contributed by atoms with van der Waals surface area (Å²) in [5.41, 5.74) is 4.75. The molecule has 0 saturated carbocycles. The van der Waals surface area contributed by atoms with Crippen LogP contribution in [-0.2, 0) is 0 Å². The van der Waals surface area contributed by atoms with Crippen molar-refractivity contribution in [3.05, 3.63) is 83.2 Å². The molecular weight excluding hydrogens is 355 g/mol. The standard InChI is InChI=1S/C20H12ClFN2S/c21-15-5-1-14(2-6-15)19-12-25-20(24-19)18-11-23-10-9-17(18)13-3-7-16(22)8-4-13/h1-12H. The van der Waals surface area contributed by atoms with E-state index in [4.69, 9.17) is 16.6 Å². The largest absolute Gasteiger partial charge is 0.264 e. The Kier molecular flexibility index (Phi) is 4.30. The SMILES string of the molecule is Fc1ccc(-c2ccncc2-c2nc(-c3ccc(Cl)cc3)cs2)cc1. The molecule has 5 heteroatoms. The van der Waals surface area contributed by atoms with Crippen molar-refractivity contribution in [2.45, 2.75) is 0 Å². The maximum Gasteiger partial charge on any atom is 0.126 e. The zero-order valence-electron chi connectivity index (χ0n) is 13.0. The lowest BCUT2D eigenvalue weighted by Crippen LogP contribution is -1.87. The molecule has 0 atom stereocenters. The van der Waals surface area contributed by atoms with Gasteiger partial charge in [0.05, 0.1) is 5.69 Å². The van der Waals surface area contributed by atoms with Crippen molar-refractivity contribution in [2.24, 2.45) is 0 Å². The highest BCUT2D eigenvalue weighted by molar-refractivity contribution is 7.13. The molecule has 0 amide bonds. The number of benzene rings is 2. The number of aromatic nitrogens is 2. The van der Waals surface area contributed by atoms with Crippen molar-refractivity contribution in [3.8, 4) is 33.0 Å². The van der Waals surface area contributed by atoms with Gasteiger partial charge >= 0.3 is 0 Å². The lowest BCUT2D eigenvalue weighted by Gasteiger charge is -2.07. The predicted octanol–water partition coefficient (Wildman–Crippen LogP) is 6.33. The number of hydrogen-bond acceptors (Lipinski definition) is 3. The molecule has 0 spiro atoms. The summed E-state index contributed by atoms with van der Waals surface area (Å²) >= 11 is 7.50. The summed E-state index contributed by atoms with van der Waals surface area (Å²) in [4.78, 5) is 8.98. The third-order valence-corrected chi connectivity index (χ3v) is 4.98. The molecule has 0 aliphatic carbocycles. The first-order chi connectivity index (χ1) is 12.2.